The van der Waals surface area contributed by atoms with Gasteiger partial charge in [0.15, 0.2) is 5.76 Å². The van der Waals surface area contributed by atoms with Crippen LogP contribution < -0.4 is 10.5 Å². The number of rotatable bonds is 3. The van der Waals surface area contributed by atoms with Crippen molar-refractivity contribution in [1.29, 1.82) is 0 Å². The van der Waals surface area contributed by atoms with Crippen LogP contribution in [0.15, 0.2) is 15.4 Å². The predicted molar refractivity (Wildman–Crippen MR) is 66.1 cm³/mol. The van der Waals surface area contributed by atoms with Crippen LogP contribution in [0.5, 0.6) is 0 Å². The Bertz CT molecular complexity index is 572. The molecule has 1 saturated heterocycles. The lowest BCUT2D eigenvalue weighted by Crippen LogP contribution is -2.40. The van der Waals surface area contributed by atoms with Gasteiger partial charge in [-0.15, -0.1) is 0 Å². The molecule has 1 fully saturated rings. The highest BCUT2D eigenvalue weighted by Crippen LogP contribution is 2.19. The van der Waals surface area contributed by atoms with Crippen molar-refractivity contribution in [2.45, 2.75) is 30.7 Å². The van der Waals surface area contributed by atoms with E-state index in [-0.39, 0.29) is 22.5 Å². The van der Waals surface area contributed by atoms with Gasteiger partial charge in [-0.2, -0.15) is 0 Å². The first kappa shape index (κ1) is 14.0. The maximum absolute atomic E-state index is 11.9. The van der Waals surface area contributed by atoms with Gasteiger partial charge in [0.1, 0.15) is 10.7 Å². The number of carbonyl (C=O) groups is 1. The highest BCUT2D eigenvalue weighted by molar-refractivity contribution is 7.89. The number of hydrogen-bond donors (Lipinski definition) is 2. The van der Waals surface area contributed by atoms with E-state index in [1.165, 1.54) is 6.92 Å². The van der Waals surface area contributed by atoms with Gasteiger partial charge in [0.25, 0.3) is 5.91 Å². The van der Waals surface area contributed by atoms with Crippen LogP contribution in [0, 0.1) is 6.92 Å². The summed E-state index contributed by atoms with van der Waals surface area (Å²) in [5, 5.41) is 7.75. The summed E-state index contributed by atoms with van der Waals surface area (Å²) in [6.07, 6.45) is 1.71. The molecule has 3 N–H and O–H groups in total. The molecule has 19 heavy (non-hydrogen) atoms. The SMILES string of the molecule is Cc1oc(C(=O)NC2CCCOC2)cc1S(N)(=O)=O. The van der Waals surface area contributed by atoms with Crippen LogP contribution in [0.3, 0.4) is 0 Å². The van der Waals surface area contributed by atoms with Gasteiger partial charge in [-0.25, -0.2) is 13.6 Å². The Morgan fingerprint density at radius 2 is 2.26 bits per heavy atom. The number of sulfonamides is 1. The number of aryl methyl sites for hydroxylation is 1. The summed E-state index contributed by atoms with van der Waals surface area (Å²) in [7, 11) is -3.88. The first-order valence-electron chi connectivity index (χ1n) is 5.90. The Morgan fingerprint density at radius 3 is 2.79 bits per heavy atom. The van der Waals surface area contributed by atoms with Gasteiger partial charge >= 0.3 is 0 Å². The van der Waals surface area contributed by atoms with E-state index < -0.39 is 15.9 Å². The molecule has 1 aromatic heterocycles. The number of hydrogen-bond acceptors (Lipinski definition) is 5. The van der Waals surface area contributed by atoms with E-state index in [1.807, 2.05) is 0 Å². The fourth-order valence-electron chi connectivity index (χ4n) is 1.97. The molecular formula is C11H16N2O5S. The van der Waals surface area contributed by atoms with Crippen molar-refractivity contribution in [1.82, 2.24) is 5.32 Å². The molecular weight excluding hydrogens is 272 g/mol. The predicted octanol–water partition coefficient (Wildman–Crippen LogP) is 0.144. The lowest BCUT2D eigenvalue weighted by Gasteiger charge is -2.22. The molecule has 2 heterocycles. The zero-order valence-electron chi connectivity index (χ0n) is 10.5. The van der Waals surface area contributed by atoms with E-state index in [2.05, 4.69) is 5.32 Å². The standard InChI is InChI=1S/C11H16N2O5S/c1-7-10(19(12,15)16)5-9(18-7)11(14)13-8-3-2-4-17-6-8/h5,8H,2-4,6H2,1H3,(H,13,14)(H2,12,15,16). The number of amides is 1. The third kappa shape index (κ3) is 3.34. The normalized spacial score (nSPS) is 20.2. The van der Waals surface area contributed by atoms with Crippen LogP contribution in [0.4, 0.5) is 0 Å². The Balaban J connectivity index is 2.11. The molecule has 1 unspecified atom stereocenters. The van der Waals surface area contributed by atoms with Crippen molar-refractivity contribution in [3.8, 4) is 0 Å². The maximum Gasteiger partial charge on any atom is 0.287 e. The number of ether oxygens (including phenoxy) is 1. The molecule has 0 saturated carbocycles. The van der Waals surface area contributed by atoms with Crippen LogP contribution in [-0.4, -0.2) is 33.6 Å². The molecule has 8 heteroatoms. The second kappa shape index (κ2) is 5.32. The van der Waals surface area contributed by atoms with Crippen LogP contribution in [0.1, 0.15) is 29.2 Å². The molecule has 1 aliphatic rings. The fraction of sp³-hybridized carbons (Fsp3) is 0.545. The third-order valence-electron chi connectivity index (χ3n) is 2.90. The average Bonchev–Trinajstić information content (AvgIpc) is 2.72. The molecule has 2 rings (SSSR count). The van der Waals surface area contributed by atoms with Gasteiger partial charge in [-0.05, 0) is 19.8 Å². The first-order valence-corrected chi connectivity index (χ1v) is 7.44. The number of primary sulfonamides is 1. The van der Waals surface area contributed by atoms with Crippen molar-refractivity contribution in [2.24, 2.45) is 5.14 Å². The molecule has 0 spiro atoms. The summed E-state index contributed by atoms with van der Waals surface area (Å²) in [4.78, 5) is 11.7. The number of nitrogens with one attached hydrogen (secondary N) is 1. The molecule has 1 amide bonds. The monoisotopic (exact) mass is 288 g/mol. The minimum atomic E-state index is -3.88. The van der Waals surface area contributed by atoms with E-state index in [1.54, 1.807) is 0 Å². The quantitative estimate of drug-likeness (QED) is 0.822. The Kier molecular flexibility index (Phi) is 3.93. The molecule has 1 aromatic rings. The van der Waals surface area contributed by atoms with Gasteiger partial charge in [0.05, 0.1) is 12.6 Å². The fourth-order valence-corrected chi connectivity index (χ4v) is 2.68. The maximum atomic E-state index is 11.9. The number of nitrogens with two attached hydrogens (primary N) is 1. The first-order chi connectivity index (χ1) is 8.88. The molecule has 0 aliphatic carbocycles. The van der Waals surface area contributed by atoms with Gasteiger partial charge in [-0.3, -0.25) is 4.79 Å². The summed E-state index contributed by atoms with van der Waals surface area (Å²) in [5.74, 6) is -0.423. The van der Waals surface area contributed by atoms with Crippen molar-refractivity contribution in [3.63, 3.8) is 0 Å². The minimum Gasteiger partial charge on any atom is -0.455 e. The zero-order chi connectivity index (χ0) is 14.0. The van der Waals surface area contributed by atoms with Gasteiger partial charge in [0.2, 0.25) is 10.0 Å². The summed E-state index contributed by atoms with van der Waals surface area (Å²) < 4.78 is 32.9. The van der Waals surface area contributed by atoms with Crippen LogP contribution >= 0.6 is 0 Å². The molecule has 7 nitrogen and oxygen atoms in total. The summed E-state index contributed by atoms with van der Waals surface area (Å²) in [5.41, 5.74) is 0. The van der Waals surface area contributed by atoms with E-state index in [0.717, 1.165) is 18.9 Å². The summed E-state index contributed by atoms with van der Waals surface area (Å²) >= 11 is 0. The number of furan rings is 1. The highest BCUT2D eigenvalue weighted by Gasteiger charge is 2.23. The second-order valence-electron chi connectivity index (χ2n) is 4.46. The minimum absolute atomic E-state index is 0.0629. The average molecular weight is 288 g/mol. The topological polar surface area (TPSA) is 112 Å². The third-order valence-corrected chi connectivity index (χ3v) is 3.92. The van der Waals surface area contributed by atoms with E-state index >= 15 is 0 Å². The van der Waals surface area contributed by atoms with Crippen LogP contribution in [0.2, 0.25) is 0 Å². The zero-order valence-corrected chi connectivity index (χ0v) is 11.3. The van der Waals surface area contributed by atoms with Crippen molar-refractivity contribution in [3.05, 3.63) is 17.6 Å². The highest BCUT2D eigenvalue weighted by atomic mass is 32.2. The molecule has 106 valence electrons. The molecule has 0 aromatic carbocycles. The molecule has 1 aliphatic heterocycles. The molecule has 0 bridgehead atoms. The van der Waals surface area contributed by atoms with Gasteiger partial charge < -0.3 is 14.5 Å². The van der Waals surface area contributed by atoms with Crippen molar-refractivity contribution < 1.29 is 22.4 Å². The van der Waals surface area contributed by atoms with Gasteiger partial charge in [0, 0.05) is 12.7 Å². The lowest BCUT2D eigenvalue weighted by molar-refractivity contribution is 0.0611. The number of carbonyl (C=O) groups excluding carboxylic acids is 1. The smallest absolute Gasteiger partial charge is 0.287 e. The summed E-state index contributed by atoms with van der Waals surface area (Å²) in [6, 6.07) is 1.06. The molecule has 0 radical (unpaired) electrons. The Morgan fingerprint density at radius 1 is 1.53 bits per heavy atom. The summed E-state index contributed by atoms with van der Waals surface area (Å²) in [6.45, 7) is 2.59. The lowest BCUT2D eigenvalue weighted by atomic mass is 10.1. The Hall–Kier alpha value is -1.38. The van der Waals surface area contributed by atoms with Crippen molar-refractivity contribution in [2.75, 3.05) is 13.2 Å². The van der Waals surface area contributed by atoms with Crippen LogP contribution in [0.25, 0.3) is 0 Å². The van der Waals surface area contributed by atoms with Crippen LogP contribution in [-0.2, 0) is 14.8 Å². The van der Waals surface area contributed by atoms with Gasteiger partial charge in [-0.1, -0.05) is 0 Å². The van der Waals surface area contributed by atoms with Crippen molar-refractivity contribution >= 4 is 15.9 Å². The van der Waals surface area contributed by atoms with E-state index in [4.69, 9.17) is 14.3 Å². The molecule has 1 atom stereocenters. The Labute approximate surface area is 111 Å². The largest absolute Gasteiger partial charge is 0.455 e. The van der Waals surface area contributed by atoms with E-state index in [9.17, 15) is 13.2 Å². The van der Waals surface area contributed by atoms with E-state index in [0.29, 0.717) is 13.2 Å². The second-order valence-corrected chi connectivity index (χ2v) is 5.99.